The van der Waals surface area contributed by atoms with Gasteiger partial charge in [0, 0.05) is 4.47 Å². The molecule has 0 saturated carbocycles. The van der Waals surface area contributed by atoms with Crippen LogP contribution in [0.1, 0.15) is 32.6 Å². The lowest BCUT2D eigenvalue weighted by atomic mass is 10.1. The van der Waals surface area contributed by atoms with Crippen LogP contribution in [0.3, 0.4) is 0 Å². The highest BCUT2D eigenvalue weighted by Crippen LogP contribution is 2.31. The van der Waals surface area contributed by atoms with Crippen LogP contribution >= 0.6 is 15.9 Å². The van der Waals surface area contributed by atoms with Crippen molar-refractivity contribution in [1.29, 1.82) is 0 Å². The first kappa shape index (κ1) is 15.6. The minimum atomic E-state index is -0.927. The highest BCUT2D eigenvalue weighted by Gasteiger charge is 2.10. The summed E-state index contributed by atoms with van der Waals surface area (Å²) >= 11 is 3.56. The fourth-order valence-electron chi connectivity index (χ4n) is 2.12. The third-order valence-corrected chi connectivity index (χ3v) is 4.74. The van der Waals surface area contributed by atoms with Gasteiger partial charge in [0.25, 0.3) is 0 Å². The maximum Gasteiger partial charge on any atom is 0.335 e. The summed E-state index contributed by atoms with van der Waals surface area (Å²) in [6.45, 7) is 6.43. The summed E-state index contributed by atoms with van der Waals surface area (Å²) in [7, 11) is 0. The zero-order valence-electron chi connectivity index (χ0n) is 12.2. The number of benzene rings is 2. The first-order chi connectivity index (χ1) is 9.90. The predicted octanol–water partition coefficient (Wildman–Crippen LogP) is 4.65. The molecule has 0 aliphatic carbocycles. The van der Waals surface area contributed by atoms with Crippen LogP contribution in [0.25, 0.3) is 0 Å². The molecule has 0 radical (unpaired) electrons. The lowest BCUT2D eigenvalue weighted by Crippen LogP contribution is -2.02. The number of aromatic carboxylic acids is 1. The quantitative estimate of drug-likeness (QED) is 0.874. The molecule has 3 nitrogen and oxygen atoms in total. The van der Waals surface area contributed by atoms with Crippen molar-refractivity contribution in [3.8, 4) is 5.75 Å². The van der Waals surface area contributed by atoms with Gasteiger partial charge in [0.05, 0.1) is 5.56 Å². The van der Waals surface area contributed by atoms with Crippen LogP contribution in [0.15, 0.2) is 34.8 Å². The number of ether oxygens (including phenoxy) is 1. The SMILES string of the molecule is Cc1cc(OCc2cccc(C(=O)O)c2)c(C)c(C)c1Br. The molecule has 0 bridgehead atoms. The van der Waals surface area contributed by atoms with E-state index in [1.807, 2.05) is 32.9 Å². The largest absolute Gasteiger partial charge is 0.489 e. The van der Waals surface area contributed by atoms with E-state index in [9.17, 15) is 4.79 Å². The molecule has 4 heteroatoms. The number of hydrogen-bond donors (Lipinski definition) is 1. The van der Waals surface area contributed by atoms with Crippen LogP contribution in [0, 0.1) is 20.8 Å². The number of hydrogen-bond acceptors (Lipinski definition) is 2. The summed E-state index contributed by atoms with van der Waals surface area (Å²) in [5.41, 5.74) is 4.47. The third kappa shape index (κ3) is 3.45. The van der Waals surface area contributed by atoms with Crippen LogP contribution in [0.5, 0.6) is 5.75 Å². The van der Waals surface area contributed by atoms with Gasteiger partial charge in [-0.2, -0.15) is 0 Å². The van der Waals surface area contributed by atoms with E-state index in [1.54, 1.807) is 18.2 Å². The van der Waals surface area contributed by atoms with Crippen molar-refractivity contribution >= 4 is 21.9 Å². The van der Waals surface area contributed by atoms with Gasteiger partial charge in [-0.25, -0.2) is 4.79 Å². The first-order valence-electron chi connectivity index (χ1n) is 6.61. The molecular formula is C17H17BrO3. The molecule has 0 fully saturated rings. The average molecular weight is 349 g/mol. The minimum absolute atomic E-state index is 0.274. The predicted molar refractivity (Wildman–Crippen MR) is 86.1 cm³/mol. The number of carbonyl (C=O) groups is 1. The van der Waals surface area contributed by atoms with Gasteiger partial charge in [-0.15, -0.1) is 0 Å². The monoisotopic (exact) mass is 348 g/mol. The molecule has 2 aromatic rings. The molecule has 1 N–H and O–H groups in total. The molecule has 0 spiro atoms. The molecule has 0 saturated heterocycles. The van der Waals surface area contributed by atoms with Crippen molar-refractivity contribution in [2.45, 2.75) is 27.4 Å². The number of aryl methyl sites for hydroxylation is 1. The Morgan fingerprint density at radius 2 is 1.90 bits per heavy atom. The van der Waals surface area contributed by atoms with Crippen LogP contribution in [-0.2, 0) is 6.61 Å². The van der Waals surface area contributed by atoms with Gasteiger partial charge in [0.1, 0.15) is 12.4 Å². The summed E-state index contributed by atoms with van der Waals surface area (Å²) in [5, 5.41) is 9.00. The molecule has 0 atom stereocenters. The van der Waals surface area contributed by atoms with Crippen molar-refractivity contribution in [2.75, 3.05) is 0 Å². The molecule has 0 aromatic heterocycles. The molecule has 0 unspecified atom stereocenters. The summed E-state index contributed by atoms with van der Waals surface area (Å²) in [6.07, 6.45) is 0. The molecule has 0 aliphatic heterocycles. The van der Waals surface area contributed by atoms with Crippen molar-refractivity contribution in [3.63, 3.8) is 0 Å². The van der Waals surface area contributed by atoms with E-state index in [2.05, 4.69) is 15.9 Å². The summed E-state index contributed by atoms with van der Waals surface area (Å²) < 4.78 is 6.96. The molecule has 0 aliphatic rings. The van der Waals surface area contributed by atoms with Gasteiger partial charge in [0.15, 0.2) is 0 Å². The lowest BCUT2D eigenvalue weighted by Gasteiger charge is -2.14. The Kier molecular flexibility index (Phi) is 4.68. The fourth-order valence-corrected chi connectivity index (χ4v) is 2.53. The van der Waals surface area contributed by atoms with Gasteiger partial charge < -0.3 is 9.84 Å². The van der Waals surface area contributed by atoms with Gasteiger partial charge in [0.2, 0.25) is 0 Å². The second kappa shape index (κ2) is 6.31. The molecule has 0 heterocycles. The zero-order chi connectivity index (χ0) is 15.6. The standard InChI is InChI=1S/C17H17BrO3/c1-10-7-15(11(2)12(3)16(10)18)21-9-13-5-4-6-14(8-13)17(19)20/h4-8H,9H2,1-3H3,(H,19,20). The molecular weight excluding hydrogens is 332 g/mol. The van der Waals surface area contributed by atoms with Crippen LogP contribution < -0.4 is 4.74 Å². The molecule has 0 amide bonds. The topological polar surface area (TPSA) is 46.5 Å². The highest BCUT2D eigenvalue weighted by molar-refractivity contribution is 9.10. The number of halogens is 1. The van der Waals surface area contributed by atoms with E-state index in [0.29, 0.717) is 6.61 Å². The molecule has 2 aromatic carbocycles. The third-order valence-electron chi connectivity index (χ3n) is 3.52. The van der Waals surface area contributed by atoms with Gasteiger partial charge in [-0.05, 0) is 61.2 Å². The Bertz CT molecular complexity index is 693. The maximum atomic E-state index is 11.0. The van der Waals surface area contributed by atoms with Gasteiger partial charge >= 0.3 is 5.97 Å². The molecule has 110 valence electrons. The Balaban J connectivity index is 2.21. The van der Waals surface area contributed by atoms with E-state index in [1.165, 1.54) is 0 Å². The van der Waals surface area contributed by atoms with Gasteiger partial charge in [-0.1, -0.05) is 28.1 Å². The van der Waals surface area contributed by atoms with E-state index in [4.69, 9.17) is 9.84 Å². The summed E-state index contributed by atoms with van der Waals surface area (Å²) in [5.74, 6) is -0.0997. The van der Waals surface area contributed by atoms with Gasteiger partial charge in [-0.3, -0.25) is 0 Å². The van der Waals surface area contributed by atoms with Crippen molar-refractivity contribution in [2.24, 2.45) is 0 Å². The fraction of sp³-hybridized carbons (Fsp3) is 0.235. The van der Waals surface area contributed by atoms with Crippen LogP contribution in [-0.4, -0.2) is 11.1 Å². The Morgan fingerprint density at radius 3 is 2.57 bits per heavy atom. The van der Waals surface area contributed by atoms with Crippen molar-refractivity contribution < 1.29 is 14.6 Å². The smallest absolute Gasteiger partial charge is 0.335 e. The van der Waals surface area contributed by atoms with Crippen LogP contribution in [0.4, 0.5) is 0 Å². The first-order valence-corrected chi connectivity index (χ1v) is 7.40. The lowest BCUT2D eigenvalue weighted by molar-refractivity contribution is 0.0696. The second-order valence-electron chi connectivity index (χ2n) is 5.05. The number of rotatable bonds is 4. The van der Waals surface area contributed by atoms with E-state index in [0.717, 1.165) is 32.5 Å². The Labute approximate surface area is 132 Å². The van der Waals surface area contributed by atoms with E-state index in [-0.39, 0.29) is 5.56 Å². The molecule has 21 heavy (non-hydrogen) atoms. The normalized spacial score (nSPS) is 10.5. The summed E-state index contributed by atoms with van der Waals surface area (Å²) in [6, 6.07) is 8.79. The second-order valence-corrected chi connectivity index (χ2v) is 5.84. The van der Waals surface area contributed by atoms with E-state index < -0.39 is 5.97 Å². The maximum absolute atomic E-state index is 11.0. The zero-order valence-corrected chi connectivity index (χ0v) is 13.8. The minimum Gasteiger partial charge on any atom is -0.489 e. The van der Waals surface area contributed by atoms with Crippen molar-refractivity contribution in [3.05, 3.63) is 62.6 Å². The van der Waals surface area contributed by atoms with E-state index >= 15 is 0 Å². The highest BCUT2D eigenvalue weighted by atomic mass is 79.9. The average Bonchev–Trinajstić information content (AvgIpc) is 2.47. The van der Waals surface area contributed by atoms with Crippen molar-refractivity contribution in [1.82, 2.24) is 0 Å². The number of carboxylic acids is 1. The number of carboxylic acid groups (broad SMARTS) is 1. The Hall–Kier alpha value is -1.81. The van der Waals surface area contributed by atoms with Crippen LogP contribution in [0.2, 0.25) is 0 Å². The molecule has 2 rings (SSSR count). The summed E-state index contributed by atoms with van der Waals surface area (Å²) in [4.78, 5) is 11.0. The Morgan fingerprint density at radius 1 is 1.19 bits per heavy atom.